The summed E-state index contributed by atoms with van der Waals surface area (Å²) in [7, 11) is 0. The number of rotatable bonds is 4. The van der Waals surface area contributed by atoms with Crippen molar-refractivity contribution in [2.24, 2.45) is 0 Å². The van der Waals surface area contributed by atoms with Crippen LogP contribution in [0.2, 0.25) is 0 Å². The molecule has 0 spiro atoms. The van der Waals surface area contributed by atoms with Gasteiger partial charge in [0.25, 0.3) is 0 Å². The van der Waals surface area contributed by atoms with Gasteiger partial charge in [0.2, 0.25) is 0 Å². The van der Waals surface area contributed by atoms with Crippen molar-refractivity contribution >= 4 is 28.1 Å². The van der Waals surface area contributed by atoms with Crippen molar-refractivity contribution in [3.8, 4) is 0 Å². The van der Waals surface area contributed by atoms with E-state index < -0.39 is 0 Å². The molecule has 120 valence electrons. The quantitative estimate of drug-likeness (QED) is 0.678. The molecule has 0 radical (unpaired) electrons. The van der Waals surface area contributed by atoms with E-state index in [1.54, 1.807) is 6.20 Å². The number of anilines is 2. The molecule has 1 atom stereocenters. The first kappa shape index (κ1) is 13.4. The molecular weight excluding hydrogens is 304 g/mol. The molecule has 5 rings (SSSR count). The standard InChI is InChI=1S/C16H16N8/c1-2-10(3-1)15-21-13-8-18-23-14(13)16(22-15)20-11-6-19-24(9-11)12-4-5-17-7-12/h1-3,6,8-9,12,17H,4-5,7H2,(H,18,23)(H,20,21,22). The molecular formula is C16H16N8. The molecule has 1 saturated heterocycles. The summed E-state index contributed by atoms with van der Waals surface area (Å²) in [5.74, 6) is 1.40. The maximum atomic E-state index is 4.63. The Balaban J connectivity index is 1.48. The van der Waals surface area contributed by atoms with Gasteiger partial charge in [0.15, 0.2) is 11.6 Å². The Morgan fingerprint density at radius 2 is 2.21 bits per heavy atom. The fourth-order valence-corrected chi connectivity index (χ4v) is 3.00. The largest absolute Gasteiger partial charge is 0.336 e. The Morgan fingerprint density at radius 1 is 1.25 bits per heavy atom. The van der Waals surface area contributed by atoms with E-state index in [4.69, 9.17) is 0 Å². The first-order valence-electron chi connectivity index (χ1n) is 7.98. The minimum absolute atomic E-state index is 0.416. The molecule has 3 N–H and O–H groups in total. The van der Waals surface area contributed by atoms with Gasteiger partial charge >= 0.3 is 0 Å². The molecule has 3 aromatic rings. The number of aromatic nitrogens is 6. The SMILES string of the molecule is C1=CC(c2nc(Nc3cnn(C4CCNC4)c3)c3[nH]ncc3n2)=C1. The van der Waals surface area contributed by atoms with Crippen molar-refractivity contribution in [1.82, 2.24) is 35.3 Å². The monoisotopic (exact) mass is 320 g/mol. The third kappa shape index (κ3) is 2.19. The van der Waals surface area contributed by atoms with E-state index in [1.807, 2.05) is 35.3 Å². The van der Waals surface area contributed by atoms with Gasteiger partial charge in [-0.2, -0.15) is 10.2 Å². The topological polar surface area (TPSA) is 96.3 Å². The van der Waals surface area contributed by atoms with Crippen LogP contribution in [0.25, 0.3) is 16.6 Å². The summed E-state index contributed by atoms with van der Waals surface area (Å²) >= 11 is 0. The van der Waals surface area contributed by atoms with Crippen LogP contribution in [0.15, 0.2) is 36.8 Å². The Hall–Kier alpha value is -3.00. The second-order valence-corrected chi connectivity index (χ2v) is 5.99. The van der Waals surface area contributed by atoms with Crippen molar-refractivity contribution in [1.29, 1.82) is 0 Å². The third-order valence-electron chi connectivity index (χ3n) is 4.38. The summed E-state index contributed by atoms with van der Waals surface area (Å²) in [5.41, 5.74) is 3.50. The molecule has 4 heterocycles. The predicted molar refractivity (Wildman–Crippen MR) is 90.8 cm³/mol. The van der Waals surface area contributed by atoms with Gasteiger partial charge in [-0.1, -0.05) is 18.2 Å². The van der Waals surface area contributed by atoms with E-state index >= 15 is 0 Å². The first-order valence-corrected chi connectivity index (χ1v) is 7.98. The van der Waals surface area contributed by atoms with Gasteiger partial charge in [0, 0.05) is 18.3 Å². The van der Waals surface area contributed by atoms with E-state index in [0.717, 1.165) is 41.8 Å². The lowest BCUT2D eigenvalue weighted by atomic mass is 10.1. The highest BCUT2D eigenvalue weighted by molar-refractivity contribution is 5.89. The van der Waals surface area contributed by atoms with Crippen LogP contribution in [0.5, 0.6) is 0 Å². The first-order chi connectivity index (χ1) is 11.9. The molecule has 1 fully saturated rings. The van der Waals surface area contributed by atoms with Gasteiger partial charge in [-0.3, -0.25) is 9.78 Å². The summed E-state index contributed by atoms with van der Waals surface area (Å²) in [6, 6.07) is 0.416. The second kappa shape index (κ2) is 5.27. The average Bonchev–Trinajstić information content (AvgIpc) is 3.26. The molecule has 0 saturated carbocycles. The molecule has 1 aliphatic carbocycles. The van der Waals surface area contributed by atoms with Crippen molar-refractivity contribution in [3.63, 3.8) is 0 Å². The lowest BCUT2D eigenvalue weighted by molar-refractivity contribution is 0.491. The highest BCUT2D eigenvalue weighted by Crippen LogP contribution is 2.27. The smallest absolute Gasteiger partial charge is 0.162 e. The summed E-state index contributed by atoms with van der Waals surface area (Å²) in [6.07, 6.45) is 12.6. The van der Waals surface area contributed by atoms with Crippen molar-refractivity contribution in [2.75, 3.05) is 18.4 Å². The van der Waals surface area contributed by atoms with Crippen LogP contribution in [0.4, 0.5) is 11.5 Å². The zero-order chi connectivity index (χ0) is 15.9. The fourth-order valence-electron chi connectivity index (χ4n) is 3.00. The number of nitrogens with one attached hydrogen (secondary N) is 3. The van der Waals surface area contributed by atoms with Crippen LogP contribution in [-0.4, -0.2) is 43.0 Å². The van der Waals surface area contributed by atoms with Gasteiger partial charge in [-0.25, -0.2) is 9.97 Å². The Morgan fingerprint density at radius 3 is 3.00 bits per heavy atom. The van der Waals surface area contributed by atoms with Crippen LogP contribution in [-0.2, 0) is 0 Å². The number of H-pyrrole nitrogens is 1. The lowest BCUT2D eigenvalue weighted by Gasteiger charge is -2.10. The Bertz CT molecular complexity index is 958. The molecule has 24 heavy (non-hydrogen) atoms. The normalized spacial score (nSPS) is 19.5. The number of hydrogen-bond donors (Lipinski definition) is 3. The van der Waals surface area contributed by atoms with Crippen LogP contribution in [0, 0.1) is 0 Å². The van der Waals surface area contributed by atoms with E-state index in [-0.39, 0.29) is 0 Å². The maximum absolute atomic E-state index is 4.63. The number of hydrogen-bond acceptors (Lipinski definition) is 6. The summed E-state index contributed by atoms with van der Waals surface area (Å²) in [4.78, 5) is 9.17. The van der Waals surface area contributed by atoms with E-state index in [2.05, 4.69) is 35.9 Å². The predicted octanol–water partition coefficient (Wildman–Crippen LogP) is 1.78. The molecule has 1 unspecified atom stereocenters. The minimum atomic E-state index is 0.416. The highest BCUT2D eigenvalue weighted by atomic mass is 15.3. The van der Waals surface area contributed by atoms with E-state index in [0.29, 0.717) is 17.7 Å². The van der Waals surface area contributed by atoms with Gasteiger partial charge < -0.3 is 10.6 Å². The van der Waals surface area contributed by atoms with Crippen LogP contribution >= 0.6 is 0 Å². The summed E-state index contributed by atoms with van der Waals surface area (Å²) in [5, 5.41) is 18.2. The minimum Gasteiger partial charge on any atom is -0.336 e. The Labute approximate surface area is 137 Å². The molecule has 3 aromatic heterocycles. The van der Waals surface area contributed by atoms with E-state index in [1.165, 1.54) is 0 Å². The number of fused-ring (bicyclic) bond motifs is 1. The Kier molecular flexibility index (Phi) is 2.95. The molecule has 2 aliphatic rings. The van der Waals surface area contributed by atoms with Gasteiger partial charge in [0.1, 0.15) is 11.0 Å². The third-order valence-corrected chi connectivity index (χ3v) is 4.38. The molecule has 8 nitrogen and oxygen atoms in total. The zero-order valence-electron chi connectivity index (χ0n) is 12.9. The van der Waals surface area contributed by atoms with Gasteiger partial charge in [-0.15, -0.1) is 0 Å². The van der Waals surface area contributed by atoms with Crippen molar-refractivity contribution < 1.29 is 0 Å². The van der Waals surface area contributed by atoms with Crippen LogP contribution < -0.4 is 10.6 Å². The van der Waals surface area contributed by atoms with Gasteiger partial charge in [-0.05, 0) is 13.0 Å². The fraction of sp³-hybridized carbons (Fsp3) is 0.250. The summed E-state index contributed by atoms with van der Waals surface area (Å²) in [6.45, 7) is 2.00. The molecule has 8 heteroatoms. The van der Waals surface area contributed by atoms with E-state index in [9.17, 15) is 0 Å². The molecule has 0 amide bonds. The van der Waals surface area contributed by atoms with Crippen LogP contribution in [0.3, 0.4) is 0 Å². The van der Waals surface area contributed by atoms with Gasteiger partial charge in [0.05, 0.1) is 24.1 Å². The van der Waals surface area contributed by atoms with Crippen molar-refractivity contribution in [2.45, 2.75) is 12.5 Å². The molecule has 0 aromatic carbocycles. The zero-order valence-corrected chi connectivity index (χ0v) is 12.9. The highest BCUT2D eigenvalue weighted by Gasteiger charge is 2.18. The lowest BCUT2D eigenvalue weighted by Crippen LogP contribution is -2.13. The second-order valence-electron chi connectivity index (χ2n) is 5.99. The number of nitrogens with zero attached hydrogens (tertiary/aromatic N) is 5. The summed E-state index contributed by atoms with van der Waals surface area (Å²) < 4.78 is 2.01. The maximum Gasteiger partial charge on any atom is 0.162 e. The number of allylic oxidation sites excluding steroid dienone is 4. The number of aromatic amines is 1. The average molecular weight is 320 g/mol. The molecule has 1 aliphatic heterocycles. The molecule has 0 bridgehead atoms. The van der Waals surface area contributed by atoms with Crippen molar-refractivity contribution in [3.05, 3.63) is 42.6 Å². The van der Waals surface area contributed by atoms with Crippen LogP contribution in [0.1, 0.15) is 18.3 Å².